The molecule has 2 aromatic heterocycles. The summed E-state index contributed by atoms with van der Waals surface area (Å²) in [5.41, 5.74) is 2.89. The molecule has 1 aromatic carbocycles. The molecule has 0 radical (unpaired) electrons. The lowest BCUT2D eigenvalue weighted by atomic mass is 9.83. The molecule has 222 valence electrons. The van der Waals surface area contributed by atoms with Crippen LogP contribution in [0.4, 0.5) is 5.82 Å². The van der Waals surface area contributed by atoms with Crippen molar-refractivity contribution in [2.24, 2.45) is 5.92 Å². The van der Waals surface area contributed by atoms with Gasteiger partial charge in [-0.05, 0) is 83.2 Å². The van der Waals surface area contributed by atoms with E-state index in [1.807, 2.05) is 30.7 Å². The number of anilines is 1. The topological polar surface area (TPSA) is 79.6 Å². The number of carbonyl (C=O) groups is 1. The molecule has 1 aliphatic carbocycles. The van der Waals surface area contributed by atoms with Gasteiger partial charge >= 0.3 is 0 Å². The van der Waals surface area contributed by atoms with Gasteiger partial charge in [-0.25, -0.2) is 14.6 Å². The maximum absolute atomic E-state index is 13.4. The minimum Gasteiger partial charge on any atom is -0.494 e. The standard InChI is InChI=1S/C31H43N7O2.ClH/c1-3-40-27-9-7-8-24(20-27)21-38-30-28(23(2)34-38)29(32-22-33-30)36-16-18-37(19-17-36)31(39)25-10-12-26(13-11-25)35-14-5-4-6-15-35;/h7-9,20,22,25-26H,3-6,10-19,21H2,1-2H3;1H. The van der Waals surface area contributed by atoms with Crippen LogP contribution in [0.15, 0.2) is 30.6 Å². The van der Waals surface area contributed by atoms with Gasteiger partial charge in [-0.2, -0.15) is 5.10 Å². The number of hydrogen-bond acceptors (Lipinski definition) is 7. The van der Waals surface area contributed by atoms with Crippen LogP contribution in [0, 0.1) is 12.8 Å². The van der Waals surface area contributed by atoms with Crippen LogP contribution in [0.3, 0.4) is 0 Å². The van der Waals surface area contributed by atoms with Gasteiger partial charge in [-0.3, -0.25) is 4.79 Å². The Morgan fingerprint density at radius 2 is 1.73 bits per heavy atom. The summed E-state index contributed by atoms with van der Waals surface area (Å²) in [5.74, 6) is 2.35. The van der Waals surface area contributed by atoms with Crippen LogP contribution in [-0.2, 0) is 11.3 Å². The van der Waals surface area contributed by atoms with Gasteiger partial charge in [0.1, 0.15) is 17.9 Å². The van der Waals surface area contributed by atoms with Crippen molar-refractivity contribution in [1.29, 1.82) is 0 Å². The average molecular weight is 582 g/mol. The molecule has 0 atom stereocenters. The zero-order valence-corrected chi connectivity index (χ0v) is 25.3. The number of fused-ring (bicyclic) bond motifs is 1. The number of carbonyl (C=O) groups excluding carboxylic acids is 1. The van der Waals surface area contributed by atoms with E-state index in [1.165, 1.54) is 45.2 Å². The second-order valence-corrected chi connectivity index (χ2v) is 11.6. The molecular weight excluding hydrogens is 538 g/mol. The van der Waals surface area contributed by atoms with E-state index < -0.39 is 0 Å². The van der Waals surface area contributed by atoms with Gasteiger partial charge in [-0.1, -0.05) is 18.6 Å². The Morgan fingerprint density at radius 1 is 0.976 bits per heavy atom. The van der Waals surface area contributed by atoms with E-state index in [0.717, 1.165) is 72.9 Å². The van der Waals surface area contributed by atoms with E-state index in [0.29, 0.717) is 25.1 Å². The van der Waals surface area contributed by atoms with Crippen LogP contribution in [0.1, 0.15) is 63.1 Å². The number of nitrogens with zero attached hydrogens (tertiary/aromatic N) is 7. The monoisotopic (exact) mass is 581 g/mol. The van der Waals surface area contributed by atoms with Crippen molar-refractivity contribution in [3.8, 4) is 5.75 Å². The number of piperazine rings is 1. The van der Waals surface area contributed by atoms with Crippen molar-refractivity contribution >= 4 is 35.2 Å². The first-order chi connectivity index (χ1) is 19.6. The van der Waals surface area contributed by atoms with Gasteiger partial charge < -0.3 is 19.4 Å². The minimum atomic E-state index is 0. The highest BCUT2D eigenvalue weighted by molar-refractivity contribution is 5.90. The van der Waals surface area contributed by atoms with E-state index in [-0.39, 0.29) is 18.3 Å². The second-order valence-electron chi connectivity index (χ2n) is 11.6. The first-order valence-corrected chi connectivity index (χ1v) is 15.3. The van der Waals surface area contributed by atoms with Gasteiger partial charge in [0.2, 0.25) is 5.91 Å². The molecule has 0 unspecified atom stereocenters. The van der Waals surface area contributed by atoms with E-state index in [4.69, 9.17) is 14.8 Å². The quantitative estimate of drug-likeness (QED) is 0.400. The van der Waals surface area contributed by atoms with Crippen molar-refractivity contribution in [3.05, 3.63) is 41.9 Å². The molecule has 2 saturated heterocycles. The van der Waals surface area contributed by atoms with E-state index in [1.54, 1.807) is 6.33 Å². The van der Waals surface area contributed by atoms with Crippen molar-refractivity contribution in [1.82, 2.24) is 29.5 Å². The predicted octanol–water partition coefficient (Wildman–Crippen LogP) is 4.70. The summed E-state index contributed by atoms with van der Waals surface area (Å²) < 4.78 is 7.64. The fourth-order valence-corrected chi connectivity index (χ4v) is 6.96. The van der Waals surface area contributed by atoms with E-state index >= 15 is 0 Å². The van der Waals surface area contributed by atoms with Crippen molar-refractivity contribution in [2.75, 3.05) is 50.8 Å². The molecule has 3 aliphatic rings. The molecule has 0 bridgehead atoms. The first-order valence-electron chi connectivity index (χ1n) is 15.3. The third-order valence-corrected chi connectivity index (χ3v) is 9.07. The molecule has 9 nitrogen and oxygen atoms in total. The molecule has 2 aliphatic heterocycles. The minimum absolute atomic E-state index is 0. The number of piperidine rings is 1. The molecule has 0 spiro atoms. The van der Waals surface area contributed by atoms with Crippen LogP contribution in [-0.4, -0.2) is 87.4 Å². The van der Waals surface area contributed by atoms with E-state index in [2.05, 4.69) is 31.8 Å². The summed E-state index contributed by atoms with van der Waals surface area (Å²) >= 11 is 0. The Balaban J connectivity index is 0.00000337. The molecule has 1 amide bonds. The molecule has 6 rings (SSSR count). The Labute approximate surface area is 249 Å². The number of hydrogen-bond donors (Lipinski definition) is 0. The Morgan fingerprint density at radius 3 is 2.46 bits per heavy atom. The maximum atomic E-state index is 13.4. The Bertz CT molecular complexity index is 1310. The zero-order valence-electron chi connectivity index (χ0n) is 24.5. The summed E-state index contributed by atoms with van der Waals surface area (Å²) in [4.78, 5) is 29.8. The lowest BCUT2D eigenvalue weighted by molar-refractivity contribution is -0.137. The second kappa shape index (κ2) is 13.4. The summed E-state index contributed by atoms with van der Waals surface area (Å²) in [6.07, 6.45) is 10.1. The van der Waals surface area contributed by atoms with Crippen molar-refractivity contribution in [3.63, 3.8) is 0 Å². The Hall–Kier alpha value is -2.91. The number of aryl methyl sites for hydroxylation is 1. The fourth-order valence-electron chi connectivity index (χ4n) is 6.96. The molecule has 3 fully saturated rings. The summed E-state index contributed by atoms with van der Waals surface area (Å²) in [5, 5.41) is 5.84. The van der Waals surface area contributed by atoms with Gasteiger partial charge in [0.25, 0.3) is 0 Å². The fraction of sp³-hybridized carbons (Fsp3) is 0.613. The third kappa shape index (κ3) is 6.46. The van der Waals surface area contributed by atoms with Gasteiger partial charge in [0.15, 0.2) is 5.65 Å². The summed E-state index contributed by atoms with van der Waals surface area (Å²) in [7, 11) is 0. The first kappa shape index (κ1) is 29.6. The van der Waals surface area contributed by atoms with Gasteiger partial charge in [0, 0.05) is 38.1 Å². The Kier molecular flexibility index (Phi) is 9.65. The molecule has 4 heterocycles. The van der Waals surface area contributed by atoms with Crippen LogP contribution in [0.2, 0.25) is 0 Å². The maximum Gasteiger partial charge on any atom is 0.225 e. The molecule has 0 N–H and O–H groups in total. The smallest absolute Gasteiger partial charge is 0.225 e. The molecule has 1 saturated carbocycles. The molecule has 41 heavy (non-hydrogen) atoms. The summed E-state index contributed by atoms with van der Waals surface area (Å²) in [6, 6.07) is 8.83. The van der Waals surface area contributed by atoms with Crippen molar-refractivity contribution in [2.45, 2.75) is 71.4 Å². The predicted molar refractivity (Wildman–Crippen MR) is 164 cm³/mol. The van der Waals surface area contributed by atoms with Gasteiger partial charge in [-0.15, -0.1) is 12.4 Å². The van der Waals surface area contributed by atoms with Crippen LogP contribution in [0.25, 0.3) is 11.0 Å². The zero-order chi connectivity index (χ0) is 27.5. The number of likely N-dealkylation sites (tertiary alicyclic amines) is 1. The highest BCUT2D eigenvalue weighted by atomic mass is 35.5. The van der Waals surface area contributed by atoms with Crippen molar-refractivity contribution < 1.29 is 9.53 Å². The number of ether oxygens (including phenoxy) is 1. The number of amides is 1. The lowest BCUT2D eigenvalue weighted by Crippen LogP contribution is -2.51. The highest BCUT2D eigenvalue weighted by Gasteiger charge is 2.33. The number of rotatable bonds is 7. The highest BCUT2D eigenvalue weighted by Crippen LogP contribution is 2.32. The molecule has 10 heteroatoms. The van der Waals surface area contributed by atoms with Crippen LogP contribution < -0.4 is 9.64 Å². The molecular formula is C31H44ClN7O2. The van der Waals surface area contributed by atoms with Crippen LogP contribution in [0.5, 0.6) is 5.75 Å². The SMILES string of the molecule is CCOc1cccc(Cn2nc(C)c3c(N4CCN(C(=O)C5CCC(N6CCCCC6)CC5)CC4)ncnc32)c1.Cl. The normalized spacial score (nSPS) is 22.0. The number of aromatic nitrogens is 4. The largest absolute Gasteiger partial charge is 0.494 e. The average Bonchev–Trinajstić information content (AvgIpc) is 3.32. The van der Waals surface area contributed by atoms with E-state index in [9.17, 15) is 4.79 Å². The lowest BCUT2D eigenvalue weighted by Gasteiger charge is -2.41. The number of benzene rings is 1. The third-order valence-electron chi connectivity index (χ3n) is 9.07. The summed E-state index contributed by atoms with van der Waals surface area (Å²) in [6.45, 7) is 10.8. The number of halogens is 1. The van der Waals surface area contributed by atoms with Gasteiger partial charge in [0.05, 0.1) is 24.2 Å². The molecule has 3 aromatic rings. The van der Waals surface area contributed by atoms with Crippen LogP contribution >= 0.6 is 12.4 Å².